The number of methoxy groups -OCH3 is 2. The Morgan fingerprint density at radius 2 is 1.96 bits per heavy atom. The summed E-state index contributed by atoms with van der Waals surface area (Å²) < 4.78 is 37.8. The maximum absolute atomic E-state index is 12.5. The molecular weight excluding hydrogens is 363 g/mol. The molecule has 23 heavy (non-hydrogen) atoms. The molecule has 2 N–H and O–H groups in total. The summed E-state index contributed by atoms with van der Waals surface area (Å²) in [5, 5.41) is 3.36. The van der Waals surface area contributed by atoms with Gasteiger partial charge in [0.05, 0.1) is 19.2 Å². The van der Waals surface area contributed by atoms with Gasteiger partial charge in [-0.25, -0.2) is 13.1 Å². The predicted octanol–water partition coefficient (Wildman–Crippen LogP) is 2.06. The molecule has 0 bridgehead atoms. The fourth-order valence-electron chi connectivity index (χ4n) is 2.44. The smallest absolute Gasteiger partial charge is 0.242 e. The summed E-state index contributed by atoms with van der Waals surface area (Å²) in [7, 11) is -0.777. The quantitative estimate of drug-likeness (QED) is 0.784. The van der Waals surface area contributed by atoms with E-state index < -0.39 is 10.0 Å². The molecule has 1 fully saturated rings. The number of piperidine rings is 1. The molecule has 6 nitrogen and oxygen atoms in total. The molecule has 132 valence electrons. The minimum Gasteiger partial charge on any atom is -0.493 e. The lowest BCUT2D eigenvalue weighted by Gasteiger charge is -2.23. The van der Waals surface area contributed by atoms with Crippen molar-refractivity contribution in [1.29, 1.82) is 0 Å². The molecule has 1 unspecified atom stereocenters. The lowest BCUT2D eigenvalue weighted by Crippen LogP contribution is -2.38. The zero-order valence-electron chi connectivity index (χ0n) is 13.1. The summed E-state index contributed by atoms with van der Waals surface area (Å²) >= 11 is 6.08. The summed E-state index contributed by atoms with van der Waals surface area (Å²) in [6.45, 7) is 2.20. The van der Waals surface area contributed by atoms with Gasteiger partial charge in [-0.2, -0.15) is 0 Å². The molecule has 1 saturated heterocycles. The minimum atomic E-state index is -3.69. The first-order chi connectivity index (χ1) is 10.5. The molecule has 1 aromatic carbocycles. The summed E-state index contributed by atoms with van der Waals surface area (Å²) in [6.07, 6.45) is 2.07. The van der Waals surface area contributed by atoms with E-state index in [1.807, 2.05) is 0 Å². The number of hydrogen-bond donors (Lipinski definition) is 2. The van der Waals surface area contributed by atoms with Gasteiger partial charge < -0.3 is 14.8 Å². The molecule has 1 aliphatic rings. The minimum absolute atomic E-state index is 0. The molecule has 1 heterocycles. The van der Waals surface area contributed by atoms with Crippen molar-refractivity contribution in [3.05, 3.63) is 17.2 Å². The Kier molecular flexibility index (Phi) is 7.89. The maximum atomic E-state index is 12.5. The summed E-state index contributed by atoms with van der Waals surface area (Å²) in [6, 6.07) is 2.82. The Labute approximate surface area is 148 Å². The molecule has 2 rings (SSSR count). The van der Waals surface area contributed by atoms with Gasteiger partial charge in [-0.15, -0.1) is 12.4 Å². The third kappa shape index (κ3) is 5.12. The highest BCUT2D eigenvalue weighted by molar-refractivity contribution is 7.89. The van der Waals surface area contributed by atoms with Crippen LogP contribution in [0.2, 0.25) is 5.02 Å². The van der Waals surface area contributed by atoms with E-state index in [0.29, 0.717) is 24.0 Å². The number of hydrogen-bond acceptors (Lipinski definition) is 5. The fourth-order valence-corrected chi connectivity index (χ4v) is 4.09. The monoisotopic (exact) mass is 384 g/mol. The van der Waals surface area contributed by atoms with Crippen LogP contribution >= 0.6 is 24.0 Å². The van der Waals surface area contributed by atoms with Gasteiger partial charge in [-0.3, -0.25) is 0 Å². The fraction of sp³-hybridized carbons (Fsp3) is 0.571. The van der Waals surface area contributed by atoms with E-state index in [9.17, 15) is 8.42 Å². The van der Waals surface area contributed by atoms with E-state index in [1.54, 1.807) is 0 Å². The van der Waals surface area contributed by atoms with Crippen molar-refractivity contribution in [3.63, 3.8) is 0 Å². The number of benzene rings is 1. The second-order valence-corrected chi connectivity index (χ2v) is 7.34. The van der Waals surface area contributed by atoms with Gasteiger partial charge in [0.2, 0.25) is 10.0 Å². The van der Waals surface area contributed by atoms with E-state index in [-0.39, 0.29) is 22.3 Å². The molecule has 0 radical (unpaired) electrons. The van der Waals surface area contributed by atoms with E-state index >= 15 is 0 Å². The molecule has 0 amide bonds. The Balaban J connectivity index is 0.00000264. The third-order valence-corrected chi connectivity index (χ3v) is 5.58. The topological polar surface area (TPSA) is 76.7 Å². The lowest BCUT2D eigenvalue weighted by atomic mass is 10.0. The summed E-state index contributed by atoms with van der Waals surface area (Å²) in [5.41, 5.74) is 0. The molecule has 0 aliphatic carbocycles. The van der Waals surface area contributed by atoms with Crippen LogP contribution in [0.3, 0.4) is 0 Å². The van der Waals surface area contributed by atoms with Crippen LogP contribution in [0.15, 0.2) is 17.0 Å². The van der Waals surface area contributed by atoms with Crippen molar-refractivity contribution < 1.29 is 17.9 Å². The number of rotatable bonds is 6. The zero-order valence-corrected chi connectivity index (χ0v) is 15.5. The molecule has 0 spiro atoms. The number of nitrogens with one attached hydrogen (secondary N) is 2. The molecule has 0 aromatic heterocycles. The van der Waals surface area contributed by atoms with Gasteiger partial charge in [0.1, 0.15) is 4.90 Å². The van der Waals surface area contributed by atoms with Crippen molar-refractivity contribution in [2.45, 2.75) is 17.7 Å². The van der Waals surface area contributed by atoms with Crippen LogP contribution in [0.4, 0.5) is 0 Å². The Morgan fingerprint density at radius 1 is 1.30 bits per heavy atom. The normalized spacial score (nSPS) is 18.1. The first-order valence-electron chi connectivity index (χ1n) is 7.10. The van der Waals surface area contributed by atoms with Gasteiger partial charge in [0, 0.05) is 18.7 Å². The molecule has 1 aromatic rings. The molecule has 9 heteroatoms. The van der Waals surface area contributed by atoms with E-state index in [1.165, 1.54) is 26.4 Å². The first-order valence-corrected chi connectivity index (χ1v) is 8.96. The van der Waals surface area contributed by atoms with Gasteiger partial charge in [-0.1, -0.05) is 11.6 Å². The van der Waals surface area contributed by atoms with E-state index in [0.717, 1.165) is 25.9 Å². The van der Waals surface area contributed by atoms with Gasteiger partial charge >= 0.3 is 0 Å². The number of halogens is 2. The van der Waals surface area contributed by atoms with Gasteiger partial charge in [0.15, 0.2) is 11.5 Å². The van der Waals surface area contributed by atoms with Gasteiger partial charge in [0.25, 0.3) is 0 Å². The second kappa shape index (κ2) is 8.94. The van der Waals surface area contributed by atoms with Crippen LogP contribution in [0.1, 0.15) is 12.8 Å². The zero-order chi connectivity index (χ0) is 16.2. The van der Waals surface area contributed by atoms with Crippen LogP contribution in [0, 0.1) is 5.92 Å². The Morgan fingerprint density at radius 3 is 2.52 bits per heavy atom. The number of ether oxygens (including phenoxy) is 2. The first kappa shape index (κ1) is 20.3. The van der Waals surface area contributed by atoms with Crippen LogP contribution in [-0.2, 0) is 10.0 Å². The highest BCUT2D eigenvalue weighted by Crippen LogP contribution is 2.35. The van der Waals surface area contributed by atoms with Crippen LogP contribution in [0.5, 0.6) is 11.5 Å². The van der Waals surface area contributed by atoms with Crippen molar-refractivity contribution in [2.24, 2.45) is 5.92 Å². The molecule has 0 saturated carbocycles. The SMILES string of the molecule is COc1cc(Cl)c(S(=O)(=O)NCC2CCCNC2)cc1OC.Cl. The Hall–Kier alpha value is -0.730. The van der Waals surface area contributed by atoms with Crippen LogP contribution in [-0.4, -0.2) is 42.3 Å². The van der Waals surface area contributed by atoms with Crippen LogP contribution < -0.4 is 19.5 Å². The largest absolute Gasteiger partial charge is 0.493 e. The highest BCUT2D eigenvalue weighted by Gasteiger charge is 2.23. The second-order valence-electron chi connectivity index (χ2n) is 5.20. The van der Waals surface area contributed by atoms with Crippen molar-refractivity contribution in [2.75, 3.05) is 33.9 Å². The van der Waals surface area contributed by atoms with Crippen molar-refractivity contribution >= 4 is 34.0 Å². The number of sulfonamides is 1. The average molecular weight is 385 g/mol. The van der Waals surface area contributed by atoms with E-state index in [4.69, 9.17) is 21.1 Å². The summed E-state index contributed by atoms with van der Waals surface area (Å²) in [4.78, 5) is -0.00409. The average Bonchev–Trinajstić information content (AvgIpc) is 2.53. The molecule has 1 aliphatic heterocycles. The third-order valence-electron chi connectivity index (χ3n) is 3.69. The standard InChI is InChI=1S/C14H21ClN2O4S.ClH/c1-20-12-6-11(15)14(7-13(12)21-2)22(18,19)17-9-10-4-3-5-16-8-10;/h6-7,10,16-17H,3-5,8-9H2,1-2H3;1H. The van der Waals surface area contributed by atoms with Crippen molar-refractivity contribution in [1.82, 2.24) is 10.0 Å². The van der Waals surface area contributed by atoms with Gasteiger partial charge in [-0.05, 0) is 31.8 Å². The molecule has 1 atom stereocenters. The molecular formula is C14H22Cl2N2O4S. The highest BCUT2D eigenvalue weighted by atomic mass is 35.5. The van der Waals surface area contributed by atoms with Crippen LogP contribution in [0.25, 0.3) is 0 Å². The lowest BCUT2D eigenvalue weighted by molar-refractivity contribution is 0.353. The summed E-state index contributed by atoms with van der Waals surface area (Å²) in [5.74, 6) is 1.01. The van der Waals surface area contributed by atoms with Crippen molar-refractivity contribution in [3.8, 4) is 11.5 Å². The maximum Gasteiger partial charge on any atom is 0.242 e. The predicted molar refractivity (Wildman–Crippen MR) is 92.6 cm³/mol. The van der Waals surface area contributed by atoms with E-state index in [2.05, 4.69) is 10.0 Å². The Bertz CT molecular complexity index is 619.